The molecule has 130 valence electrons. The molecule has 0 aliphatic carbocycles. The van der Waals surface area contributed by atoms with Crippen molar-refractivity contribution < 1.29 is 9.90 Å². The van der Waals surface area contributed by atoms with Gasteiger partial charge in [0.15, 0.2) is 0 Å². The highest BCUT2D eigenvalue weighted by molar-refractivity contribution is 5.66. The van der Waals surface area contributed by atoms with E-state index in [0.29, 0.717) is 0 Å². The molecule has 0 spiro atoms. The standard InChI is InChI=1S/C21H34O2/c1-3-4-17-20(2)18-15-13-11-9-7-5-6-8-10-12-14-16-19-21(22)23/h5-11,13,20H,3-4,12,14-19H2,1-2H3,(H,22,23)/b6-5+,9-7+,10-8+,13-11+/t20-/m1/s1. The maximum Gasteiger partial charge on any atom is 0.303 e. The lowest BCUT2D eigenvalue weighted by Crippen LogP contribution is -1.92. The first-order valence-corrected chi connectivity index (χ1v) is 9.03. The Morgan fingerprint density at radius 3 is 2.09 bits per heavy atom. The molecule has 2 nitrogen and oxygen atoms in total. The van der Waals surface area contributed by atoms with E-state index in [0.717, 1.165) is 31.6 Å². The van der Waals surface area contributed by atoms with Crippen molar-refractivity contribution in [2.24, 2.45) is 5.92 Å². The molecular formula is C21H34O2. The van der Waals surface area contributed by atoms with Gasteiger partial charge in [-0.1, -0.05) is 81.7 Å². The van der Waals surface area contributed by atoms with Crippen LogP contribution in [-0.2, 0) is 4.79 Å². The van der Waals surface area contributed by atoms with E-state index in [1.807, 2.05) is 24.3 Å². The Balaban J connectivity index is 3.57. The number of aliphatic carboxylic acids is 1. The van der Waals surface area contributed by atoms with Gasteiger partial charge >= 0.3 is 5.97 Å². The van der Waals surface area contributed by atoms with Gasteiger partial charge in [0, 0.05) is 6.42 Å². The molecule has 0 aromatic carbocycles. The number of hydrogen-bond acceptors (Lipinski definition) is 1. The maximum atomic E-state index is 10.3. The molecule has 0 radical (unpaired) electrons. The Labute approximate surface area is 142 Å². The van der Waals surface area contributed by atoms with Gasteiger partial charge in [0.1, 0.15) is 0 Å². The summed E-state index contributed by atoms with van der Waals surface area (Å²) in [5.74, 6) is 0.131. The number of carbonyl (C=O) groups is 1. The van der Waals surface area contributed by atoms with Crippen molar-refractivity contribution >= 4 is 5.97 Å². The summed E-state index contributed by atoms with van der Waals surface area (Å²) in [5.41, 5.74) is 0. The Bertz CT molecular complexity index is 389. The van der Waals surface area contributed by atoms with Gasteiger partial charge in [0.2, 0.25) is 0 Å². The van der Waals surface area contributed by atoms with Gasteiger partial charge in [-0.15, -0.1) is 0 Å². The van der Waals surface area contributed by atoms with Crippen molar-refractivity contribution in [2.75, 3.05) is 0 Å². The van der Waals surface area contributed by atoms with Crippen LogP contribution in [0.25, 0.3) is 0 Å². The molecule has 0 aliphatic heterocycles. The Morgan fingerprint density at radius 1 is 0.870 bits per heavy atom. The summed E-state index contributed by atoms with van der Waals surface area (Å²) < 4.78 is 0. The Morgan fingerprint density at radius 2 is 1.48 bits per heavy atom. The predicted octanol–water partition coefficient (Wildman–Crippen LogP) is 6.46. The van der Waals surface area contributed by atoms with Gasteiger partial charge in [-0.2, -0.15) is 0 Å². The van der Waals surface area contributed by atoms with Gasteiger partial charge in [0.05, 0.1) is 0 Å². The third kappa shape index (κ3) is 18.4. The highest BCUT2D eigenvalue weighted by atomic mass is 16.4. The fraction of sp³-hybridized carbons (Fsp3) is 0.571. The summed E-state index contributed by atoms with van der Waals surface area (Å²) in [6.07, 6.45) is 25.9. The van der Waals surface area contributed by atoms with Crippen molar-refractivity contribution in [3.63, 3.8) is 0 Å². The minimum Gasteiger partial charge on any atom is -0.481 e. The molecule has 0 aromatic heterocycles. The summed E-state index contributed by atoms with van der Waals surface area (Å²) in [6.45, 7) is 4.59. The van der Waals surface area contributed by atoms with Crippen LogP contribution in [0.15, 0.2) is 48.6 Å². The van der Waals surface area contributed by atoms with Crippen molar-refractivity contribution in [1.82, 2.24) is 0 Å². The second-order valence-electron chi connectivity index (χ2n) is 6.09. The molecular weight excluding hydrogens is 284 g/mol. The van der Waals surface area contributed by atoms with E-state index in [9.17, 15) is 4.79 Å². The molecule has 0 aliphatic rings. The second kappa shape index (κ2) is 16.8. The summed E-state index contributed by atoms with van der Waals surface area (Å²) in [6, 6.07) is 0. The lowest BCUT2D eigenvalue weighted by Gasteiger charge is -2.07. The monoisotopic (exact) mass is 318 g/mol. The molecule has 0 saturated heterocycles. The van der Waals surface area contributed by atoms with E-state index in [4.69, 9.17) is 5.11 Å². The average molecular weight is 319 g/mol. The zero-order chi connectivity index (χ0) is 17.2. The Hall–Kier alpha value is -1.57. The van der Waals surface area contributed by atoms with Gasteiger partial charge in [-0.05, 0) is 38.0 Å². The van der Waals surface area contributed by atoms with Crippen molar-refractivity contribution in [2.45, 2.75) is 71.6 Å². The van der Waals surface area contributed by atoms with Crippen LogP contribution in [0.4, 0.5) is 0 Å². The molecule has 1 atom stereocenters. The minimum atomic E-state index is -0.706. The van der Waals surface area contributed by atoms with Crippen LogP contribution >= 0.6 is 0 Å². The lowest BCUT2D eigenvalue weighted by atomic mass is 9.99. The normalized spacial score (nSPS) is 13.8. The van der Waals surface area contributed by atoms with Crippen LogP contribution < -0.4 is 0 Å². The smallest absolute Gasteiger partial charge is 0.303 e. The summed E-state index contributed by atoms with van der Waals surface area (Å²) in [5, 5.41) is 8.51. The van der Waals surface area contributed by atoms with Crippen LogP contribution in [0.1, 0.15) is 71.6 Å². The third-order valence-corrected chi connectivity index (χ3v) is 3.72. The highest BCUT2D eigenvalue weighted by Gasteiger charge is 1.98. The summed E-state index contributed by atoms with van der Waals surface area (Å²) in [4.78, 5) is 10.3. The quantitative estimate of drug-likeness (QED) is 0.294. The molecule has 0 fully saturated rings. The number of hydrogen-bond donors (Lipinski definition) is 1. The van der Waals surface area contributed by atoms with Gasteiger partial charge in [0.25, 0.3) is 0 Å². The van der Waals surface area contributed by atoms with E-state index < -0.39 is 5.97 Å². The highest BCUT2D eigenvalue weighted by Crippen LogP contribution is 2.13. The largest absolute Gasteiger partial charge is 0.481 e. The zero-order valence-electron chi connectivity index (χ0n) is 14.9. The second-order valence-corrected chi connectivity index (χ2v) is 6.09. The number of allylic oxidation sites excluding steroid dienone is 8. The molecule has 0 aromatic rings. The van der Waals surface area contributed by atoms with E-state index in [1.165, 1.54) is 25.7 Å². The molecule has 1 N–H and O–H groups in total. The number of unbranched alkanes of at least 4 members (excludes halogenated alkanes) is 3. The molecule has 0 unspecified atom stereocenters. The van der Waals surface area contributed by atoms with Crippen LogP contribution in [-0.4, -0.2) is 11.1 Å². The summed E-state index contributed by atoms with van der Waals surface area (Å²) in [7, 11) is 0. The fourth-order valence-electron chi connectivity index (χ4n) is 2.22. The number of carboxylic acids is 1. The molecule has 23 heavy (non-hydrogen) atoms. The first-order chi connectivity index (χ1) is 11.2. The lowest BCUT2D eigenvalue weighted by molar-refractivity contribution is -0.137. The van der Waals surface area contributed by atoms with E-state index >= 15 is 0 Å². The maximum absolute atomic E-state index is 10.3. The first-order valence-electron chi connectivity index (χ1n) is 9.03. The van der Waals surface area contributed by atoms with Crippen molar-refractivity contribution in [3.05, 3.63) is 48.6 Å². The van der Waals surface area contributed by atoms with Crippen molar-refractivity contribution in [3.8, 4) is 0 Å². The van der Waals surface area contributed by atoms with E-state index in [1.54, 1.807) is 0 Å². The first kappa shape index (κ1) is 21.4. The molecule has 0 saturated carbocycles. The molecule has 0 amide bonds. The average Bonchev–Trinajstić information content (AvgIpc) is 2.52. The molecule has 0 rings (SSSR count). The molecule has 0 bridgehead atoms. The Kier molecular flexibility index (Phi) is 15.6. The predicted molar refractivity (Wildman–Crippen MR) is 101 cm³/mol. The third-order valence-electron chi connectivity index (χ3n) is 3.72. The van der Waals surface area contributed by atoms with Gasteiger partial charge < -0.3 is 5.11 Å². The SMILES string of the molecule is CCCC[C@@H](C)CC/C=C/C=C/C=C/C=C/CCCCC(=O)O. The number of rotatable bonds is 14. The van der Waals surface area contributed by atoms with Crippen LogP contribution in [0.5, 0.6) is 0 Å². The van der Waals surface area contributed by atoms with Crippen LogP contribution in [0, 0.1) is 5.92 Å². The topological polar surface area (TPSA) is 37.3 Å². The molecule has 2 heteroatoms. The van der Waals surface area contributed by atoms with Crippen LogP contribution in [0.2, 0.25) is 0 Å². The summed E-state index contributed by atoms with van der Waals surface area (Å²) >= 11 is 0. The number of carboxylic acid groups (broad SMARTS) is 1. The fourth-order valence-corrected chi connectivity index (χ4v) is 2.22. The van der Waals surface area contributed by atoms with Gasteiger partial charge in [-0.3, -0.25) is 4.79 Å². The molecule has 0 heterocycles. The van der Waals surface area contributed by atoms with Crippen LogP contribution in [0.3, 0.4) is 0 Å². The van der Waals surface area contributed by atoms with Crippen molar-refractivity contribution in [1.29, 1.82) is 0 Å². The van der Waals surface area contributed by atoms with Gasteiger partial charge in [-0.25, -0.2) is 0 Å². The van der Waals surface area contributed by atoms with E-state index in [2.05, 4.69) is 38.2 Å². The minimum absolute atomic E-state index is 0.274. The zero-order valence-corrected chi connectivity index (χ0v) is 14.9. The van der Waals surface area contributed by atoms with E-state index in [-0.39, 0.29) is 6.42 Å².